The van der Waals surface area contributed by atoms with E-state index in [0.717, 1.165) is 40.8 Å². The lowest BCUT2D eigenvalue weighted by atomic mass is 9.81. The molecule has 1 aliphatic heterocycles. The molecule has 4 aromatic rings. The zero-order chi connectivity index (χ0) is 35.6. The molecule has 266 valence electrons. The SMILES string of the molecule is O=C(O)NC[C@H]1CC[C@H](C(=O)N[C@@H](Cc2ccc(-c3ccccc3NC(=O)C3CCOCC3)cc2)C(=O)Nc2ccc(-c3nn[nH]n3)cc2)CC1. The average molecular weight is 695 g/mol. The molecule has 0 spiro atoms. The van der Waals surface area contributed by atoms with Gasteiger partial charge in [0, 0.05) is 60.5 Å². The number of hydrogen-bond donors (Lipinski definition) is 6. The average Bonchev–Trinajstić information content (AvgIpc) is 3.70. The maximum Gasteiger partial charge on any atom is 0.404 e. The molecule has 1 atom stereocenters. The summed E-state index contributed by atoms with van der Waals surface area (Å²) >= 11 is 0. The van der Waals surface area contributed by atoms with E-state index in [2.05, 4.69) is 41.9 Å². The van der Waals surface area contributed by atoms with Crippen LogP contribution in [0.1, 0.15) is 44.1 Å². The number of rotatable bonds is 12. The highest BCUT2D eigenvalue weighted by Gasteiger charge is 2.30. The van der Waals surface area contributed by atoms with Gasteiger partial charge in [-0.2, -0.15) is 5.21 Å². The van der Waals surface area contributed by atoms with E-state index in [9.17, 15) is 19.2 Å². The van der Waals surface area contributed by atoms with Gasteiger partial charge in [-0.15, -0.1) is 10.2 Å². The predicted octanol–water partition coefficient (Wildman–Crippen LogP) is 4.64. The molecule has 0 unspecified atom stereocenters. The Labute approximate surface area is 295 Å². The summed E-state index contributed by atoms with van der Waals surface area (Å²) < 4.78 is 5.41. The maximum absolute atomic E-state index is 13.7. The summed E-state index contributed by atoms with van der Waals surface area (Å²) in [7, 11) is 0. The summed E-state index contributed by atoms with van der Waals surface area (Å²) in [5.74, 6) is -0.316. The van der Waals surface area contributed by atoms with Crippen molar-refractivity contribution in [2.45, 2.75) is 51.0 Å². The number of benzene rings is 3. The first-order chi connectivity index (χ1) is 24.8. The normalized spacial score (nSPS) is 18.3. The number of nitrogens with zero attached hydrogens (tertiary/aromatic N) is 3. The minimum absolute atomic E-state index is 0.0122. The van der Waals surface area contributed by atoms with Crippen molar-refractivity contribution in [2.75, 3.05) is 30.4 Å². The molecule has 0 bridgehead atoms. The van der Waals surface area contributed by atoms with Crippen LogP contribution in [0.15, 0.2) is 72.8 Å². The number of ether oxygens (including phenoxy) is 1. The molecule has 6 N–H and O–H groups in total. The molecule has 1 aromatic heterocycles. The summed E-state index contributed by atoms with van der Waals surface area (Å²) in [6, 6.07) is 21.6. The number of H-pyrrole nitrogens is 1. The number of tetrazole rings is 1. The Balaban J connectivity index is 1.14. The zero-order valence-corrected chi connectivity index (χ0v) is 28.1. The summed E-state index contributed by atoms with van der Waals surface area (Å²) in [4.78, 5) is 51.2. The third-order valence-electron chi connectivity index (χ3n) is 9.63. The maximum atomic E-state index is 13.7. The molecular formula is C37H42N8O6. The fourth-order valence-electron chi connectivity index (χ4n) is 6.67. The number of nitrogens with one attached hydrogen (secondary N) is 5. The van der Waals surface area contributed by atoms with Crippen molar-refractivity contribution in [3.05, 3.63) is 78.4 Å². The van der Waals surface area contributed by atoms with Crippen molar-refractivity contribution in [3.8, 4) is 22.5 Å². The molecule has 51 heavy (non-hydrogen) atoms. The highest BCUT2D eigenvalue weighted by atomic mass is 16.5. The van der Waals surface area contributed by atoms with Gasteiger partial charge in [0.1, 0.15) is 6.04 Å². The first kappa shape index (κ1) is 35.2. The molecule has 14 nitrogen and oxygen atoms in total. The quantitative estimate of drug-likeness (QED) is 0.122. The molecule has 1 saturated carbocycles. The Morgan fingerprint density at radius 3 is 2.18 bits per heavy atom. The van der Waals surface area contributed by atoms with Crippen LogP contribution in [-0.4, -0.2) is 75.3 Å². The van der Waals surface area contributed by atoms with Crippen molar-refractivity contribution < 1.29 is 29.0 Å². The van der Waals surface area contributed by atoms with Crippen molar-refractivity contribution in [1.29, 1.82) is 0 Å². The third kappa shape index (κ3) is 9.54. The Kier molecular flexibility index (Phi) is 11.6. The van der Waals surface area contributed by atoms with Gasteiger partial charge in [0.15, 0.2) is 0 Å². The van der Waals surface area contributed by atoms with Gasteiger partial charge in [0.25, 0.3) is 0 Å². The van der Waals surface area contributed by atoms with Crippen molar-refractivity contribution in [2.24, 2.45) is 17.8 Å². The largest absolute Gasteiger partial charge is 0.465 e. The zero-order valence-electron chi connectivity index (χ0n) is 28.1. The molecule has 4 amide bonds. The fraction of sp³-hybridized carbons (Fsp3) is 0.378. The molecule has 2 fully saturated rings. The van der Waals surface area contributed by atoms with E-state index < -0.39 is 12.1 Å². The van der Waals surface area contributed by atoms with E-state index in [1.165, 1.54) is 0 Å². The number of amides is 4. The number of aromatic amines is 1. The third-order valence-corrected chi connectivity index (χ3v) is 9.63. The van der Waals surface area contributed by atoms with Crippen molar-refractivity contribution in [1.82, 2.24) is 31.3 Å². The van der Waals surface area contributed by atoms with E-state index in [1.807, 2.05) is 48.5 Å². The summed E-state index contributed by atoms with van der Waals surface area (Å²) in [6.45, 7) is 1.53. The number of hydrogen-bond acceptors (Lipinski definition) is 8. The Morgan fingerprint density at radius 2 is 1.49 bits per heavy atom. The molecule has 6 rings (SSSR count). The van der Waals surface area contributed by atoms with Crippen LogP contribution < -0.4 is 21.3 Å². The van der Waals surface area contributed by atoms with Gasteiger partial charge < -0.3 is 31.1 Å². The number of carbonyl (C=O) groups excluding carboxylic acids is 3. The van der Waals surface area contributed by atoms with Gasteiger partial charge in [0.2, 0.25) is 23.5 Å². The van der Waals surface area contributed by atoms with Crippen LogP contribution in [0.4, 0.5) is 16.2 Å². The second-order valence-electron chi connectivity index (χ2n) is 13.1. The van der Waals surface area contributed by atoms with Crippen LogP contribution in [0.2, 0.25) is 0 Å². The van der Waals surface area contributed by atoms with Gasteiger partial charge in [-0.05, 0) is 91.1 Å². The van der Waals surface area contributed by atoms with Crippen molar-refractivity contribution >= 4 is 35.2 Å². The number of anilines is 2. The van der Waals surface area contributed by atoms with E-state index in [0.29, 0.717) is 57.0 Å². The lowest BCUT2D eigenvalue weighted by molar-refractivity contribution is -0.130. The van der Waals surface area contributed by atoms with Gasteiger partial charge >= 0.3 is 6.09 Å². The Morgan fingerprint density at radius 1 is 0.804 bits per heavy atom. The summed E-state index contributed by atoms with van der Waals surface area (Å²) in [5, 5.41) is 34.4. The fourth-order valence-corrected chi connectivity index (χ4v) is 6.67. The molecule has 3 aromatic carbocycles. The first-order valence-corrected chi connectivity index (χ1v) is 17.3. The lowest BCUT2D eigenvalue weighted by Crippen LogP contribution is -2.48. The second-order valence-corrected chi connectivity index (χ2v) is 13.1. The highest BCUT2D eigenvalue weighted by molar-refractivity contribution is 5.98. The Bertz CT molecular complexity index is 1780. The van der Waals surface area contributed by atoms with E-state index in [1.54, 1.807) is 24.3 Å². The van der Waals surface area contributed by atoms with Gasteiger partial charge in [-0.3, -0.25) is 14.4 Å². The van der Waals surface area contributed by atoms with Gasteiger partial charge in [-0.25, -0.2) is 4.79 Å². The topological polar surface area (TPSA) is 200 Å². The van der Waals surface area contributed by atoms with Crippen LogP contribution in [0.3, 0.4) is 0 Å². The molecule has 2 aliphatic rings. The minimum atomic E-state index is -1.05. The molecule has 0 radical (unpaired) electrons. The second kappa shape index (κ2) is 16.9. The summed E-state index contributed by atoms with van der Waals surface area (Å²) in [6.07, 6.45) is 3.27. The van der Waals surface area contributed by atoms with E-state index in [4.69, 9.17) is 9.84 Å². The predicted molar refractivity (Wildman–Crippen MR) is 189 cm³/mol. The number of para-hydroxylation sites is 1. The monoisotopic (exact) mass is 694 g/mol. The van der Waals surface area contributed by atoms with E-state index in [-0.39, 0.29) is 41.9 Å². The van der Waals surface area contributed by atoms with Crippen LogP contribution in [0.25, 0.3) is 22.5 Å². The standard InChI is InChI=1S/C37H42N8O6/c46-34(27-11-7-24(8-12-27)22-38-37(49)50)41-32(36(48)39-29-15-13-26(14-16-29)33-42-44-45-43-33)21-23-5-9-25(10-6-23)30-3-1-2-4-31(30)40-35(47)28-17-19-51-20-18-28/h1-6,9-10,13-16,24,27-28,32,38H,7-8,11-12,17-22H2,(H,39,48)(H,40,47)(H,41,46)(H,49,50)(H,42,43,44,45)/t24-,27-,32-/m0/s1. The number of carbonyl (C=O) groups is 4. The van der Waals surface area contributed by atoms with Gasteiger partial charge in [0.05, 0.1) is 0 Å². The number of carboxylic acid groups (broad SMARTS) is 1. The first-order valence-electron chi connectivity index (χ1n) is 17.3. The molecule has 14 heteroatoms. The molecule has 1 aliphatic carbocycles. The van der Waals surface area contributed by atoms with E-state index >= 15 is 0 Å². The molecular weight excluding hydrogens is 652 g/mol. The van der Waals surface area contributed by atoms with Crippen LogP contribution >= 0.6 is 0 Å². The van der Waals surface area contributed by atoms with Gasteiger partial charge in [-0.1, -0.05) is 42.5 Å². The highest BCUT2D eigenvalue weighted by Crippen LogP contribution is 2.31. The van der Waals surface area contributed by atoms with Crippen LogP contribution in [-0.2, 0) is 25.5 Å². The number of aromatic nitrogens is 4. The van der Waals surface area contributed by atoms with Crippen LogP contribution in [0, 0.1) is 17.8 Å². The summed E-state index contributed by atoms with van der Waals surface area (Å²) in [5.41, 5.74) is 4.63. The molecule has 2 heterocycles. The smallest absolute Gasteiger partial charge is 0.404 e. The molecule has 1 saturated heterocycles. The minimum Gasteiger partial charge on any atom is -0.465 e. The Hall–Kier alpha value is -5.63. The van der Waals surface area contributed by atoms with Crippen LogP contribution in [0.5, 0.6) is 0 Å². The van der Waals surface area contributed by atoms with Crippen molar-refractivity contribution in [3.63, 3.8) is 0 Å². The lowest BCUT2D eigenvalue weighted by Gasteiger charge is -2.29.